The lowest BCUT2D eigenvalue weighted by Gasteiger charge is -2.40. The third-order valence-electron chi connectivity index (χ3n) is 3.66. The van der Waals surface area contributed by atoms with E-state index in [0.717, 1.165) is 13.1 Å². The number of nitrogens with zero attached hydrogens (tertiary/aromatic N) is 1. The number of nitrogens with two attached hydrogens (primary N) is 1. The van der Waals surface area contributed by atoms with Crippen LogP contribution >= 0.6 is 0 Å². The topological polar surface area (TPSA) is 38.5 Å². The van der Waals surface area contributed by atoms with Gasteiger partial charge in [0, 0.05) is 25.7 Å². The van der Waals surface area contributed by atoms with Crippen molar-refractivity contribution in [3.63, 3.8) is 0 Å². The lowest BCUT2D eigenvalue weighted by atomic mass is 9.99. The van der Waals surface area contributed by atoms with Gasteiger partial charge in [-0.15, -0.1) is 0 Å². The van der Waals surface area contributed by atoms with Gasteiger partial charge < -0.3 is 10.5 Å². The minimum absolute atomic E-state index is 0.284. The summed E-state index contributed by atoms with van der Waals surface area (Å²) in [5.41, 5.74) is 8.68. The quantitative estimate of drug-likeness (QED) is 0.890. The van der Waals surface area contributed by atoms with Crippen LogP contribution in [0, 0.1) is 6.92 Å². The molecule has 0 aliphatic carbocycles. The van der Waals surface area contributed by atoms with E-state index >= 15 is 0 Å². The molecule has 1 aromatic carbocycles. The second-order valence-corrected chi connectivity index (χ2v) is 5.32. The summed E-state index contributed by atoms with van der Waals surface area (Å²) in [6, 6.07) is 8.83. The van der Waals surface area contributed by atoms with Crippen molar-refractivity contribution in [1.82, 2.24) is 4.90 Å². The van der Waals surface area contributed by atoms with Crippen LogP contribution in [0.15, 0.2) is 24.3 Å². The predicted octanol–water partition coefficient (Wildman–Crippen LogP) is 2.10. The molecule has 100 valence electrons. The molecule has 0 radical (unpaired) electrons. The Labute approximate surface area is 110 Å². The lowest BCUT2D eigenvalue weighted by Crippen LogP contribution is -2.48. The lowest BCUT2D eigenvalue weighted by molar-refractivity contribution is -0.0799. The molecule has 2 N–H and O–H groups in total. The van der Waals surface area contributed by atoms with Crippen molar-refractivity contribution in [2.75, 3.05) is 19.6 Å². The second-order valence-electron chi connectivity index (χ2n) is 5.32. The van der Waals surface area contributed by atoms with Crippen LogP contribution in [-0.4, -0.2) is 36.7 Å². The summed E-state index contributed by atoms with van der Waals surface area (Å²) in [6.45, 7) is 9.00. The summed E-state index contributed by atoms with van der Waals surface area (Å²) < 4.78 is 5.79. The summed E-state index contributed by atoms with van der Waals surface area (Å²) >= 11 is 0. The molecule has 3 unspecified atom stereocenters. The van der Waals surface area contributed by atoms with Crippen molar-refractivity contribution in [2.45, 2.75) is 39.0 Å². The smallest absolute Gasteiger partial charge is 0.0678 e. The van der Waals surface area contributed by atoms with Crippen LogP contribution in [0.2, 0.25) is 0 Å². The van der Waals surface area contributed by atoms with E-state index < -0.39 is 0 Å². The van der Waals surface area contributed by atoms with Gasteiger partial charge in [-0.3, -0.25) is 4.90 Å². The van der Waals surface area contributed by atoms with E-state index in [1.807, 2.05) is 0 Å². The fraction of sp³-hybridized carbons (Fsp3) is 0.600. The van der Waals surface area contributed by atoms with Crippen LogP contribution in [0.25, 0.3) is 0 Å². The van der Waals surface area contributed by atoms with Crippen molar-refractivity contribution < 1.29 is 4.74 Å². The highest BCUT2D eigenvalue weighted by molar-refractivity contribution is 5.29. The Morgan fingerprint density at radius 3 is 2.44 bits per heavy atom. The van der Waals surface area contributed by atoms with Gasteiger partial charge in [0.15, 0.2) is 0 Å². The van der Waals surface area contributed by atoms with Crippen molar-refractivity contribution >= 4 is 0 Å². The van der Waals surface area contributed by atoms with Crippen molar-refractivity contribution in [1.29, 1.82) is 0 Å². The standard InChI is InChI=1S/C15H24N2O/c1-11-6-4-5-7-14(11)15(8-16)17-9-12(2)18-13(3)10-17/h4-7,12-13,15H,8-10,16H2,1-3H3. The zero-order valence-corrected chi connectivity index (χ0v) is 11.6. The third-order valence-corrected chi connectivity index (χ3v) is 3.66. The average Bonchev–Trinajstić information content (AvgIpc) is 2.31. The molecule has 1 aromatic rings. The minimum Gasteiger partial charge on any atom is -0.373 e. The van der Waals surface area contributed by atoms with Crippen LogP contribution in [0.4, 0.5) is 0 Å². The number of benzene rings is 1. The number of aryl methyl sites for hydroxylation is 1. The van der Waals surface area contributed by atoms with Gasteiger partial charge in [0.25, 0.3) is 0 Å². The third kappa shape index (κ3) is 2.91. The monoisotopic (exact) mass is 248 g/mol. The number of hydrogen-bond donors (Lipinski definition) is 1. The zero-order chi connectivity index (χ0) is 13.1. The maximum absolute atomic E-state index is 6.01. The van der Waals surface area contributed by atoms with Gasteiger partial charge in [0.2, 0.25) is 0 Å². The fourth-order valence-corrected chi connectivity index (χ4v) is 2.91. The molecule has 1 heterocycles. The summed E-state index contributed by atoms with van der Waals surface area (Å²) in [5, 5.41) is 0. The van der Waals surface area contributed by atoms with Crippen LogP contribution in [0.3, 0.4) is 0 Å². The highest BCUT2D eigenvalue weighted by Crippen LogP contribution is 2.26. The molecule has 0 spiro atoms. The molecule has 1 fully saturated rings. The molecule has 2 rings (SSSR count). The SMILES string of the molecule is Cc1ccccc1C(CN)N1CC(C)OC(C)C1. The first-order chi connectivity index (χ1) is 8.61. The molecule has 1 saturated heterocycles. The maximum atomic E-state index is 6.01. The summed E-state index contributed by atoms with van der Waals surface area (Å²) in [6.07, 6.45) is 0.568. The van der Waals surface area contributed by atoms with Crippen molar-refractivity contribution in [2.24, 2.45) is 5.73 Å². The van der Waals surface area contributed by atoms with Crippen LogP contribution in [-0.2, 0) is 4.74 Å². The highest BCUT2D eigenvalue weighted by atomic mass is 16.5. The first-order valence-electron chi connectivity index (χ1n) is 6.77. The molecule has 3 atom stereocenters. The van der Waals surface area contributed by atoms with E-state index in [2.05, 4.69) is 49.9 Å². The Morgan fingerprint density at radius 1 is 1.28 bits per heavy atom. The Kier molecular flexibility index (Phi) is 4.38. The van der Waals surface area contributed by atoms with E-state index in [-0.39, 0.29) is 12.2 Å². The molecule has 0 aromatic heterocycles. The Bertz CT molecular complexity index is 384. The van der Waals surface area contributed by atoms with Gasteiger partial charge in [-0.2, -0.15) is 0 Å². The average molecular weight is 248 g/mol. The number of ether oxygens (including phenoxy) is 1. The minimum atomic E-state index is 0.284. The molecular formula is C15H24N2O. The Balaban J connectivity index is 2.20. The first kappa shape index (κ1) is 13.5. The largest absolute Gasteiger partial charge is 0.373 e. The van der Waals surface area contributed by atoms with Crippen LogP contribution < -0.4 is 5.73 Å². The Hall–Kier alpha value is -0.900. The molecule has 1 aliphatic rings. The van der Waals surface area contributed by atoms with Crippen LogP contribution in [0.1, 0.15) is 31.0 Å². The normalized spacial score (nSPS) is 27.1. The van der Waals surface area contributed by atoms with Gasteiger partial charge in [0.1, 0.15) is 0 Å². The van der Waals surface area contributed by atoms with E-state index in [1.54, 1.807) is 0 Å². The summed E-state index contributed by atoms with van der Waals surface area (Å²) in [4.78, 5) is 2.46. The second kappa shape index (κ2) is 5.83. The van der Waals surface area contributed by atoms with E-state index in [4.69, 9.17) is 10.5 Å². The number of morpholine rings is 1. The zero-order valence-electron chi connectivity index (χ0n) is 11.6. The van der Waals surface area contributed by atoms with Gasteiger partial charge in [-0.1, -0.05) is 24.3 Å². The van der Waals surface area contributed by atoms with Crippen LogP contribution in [0.5, 0.6) is 0 Å². The number of rotatable bonds is 3. The Morgan fingerprint density at radius 2 is 1.89 bits per heavy atom. The molecule has 18 heavy (non-hydrogen) atoms. The van der Waals surface area contributed by atoms with E-state index in [1.165, 1.54) is 11.1 Å². The highest BCUT2D eigenvalue weighted by Gasteiger charge is 2.28. The summed E-state index contributed by atoms with van der Waals surface area (Å²) in [5.74, 6) is 0. The molecule has 0 saturated carbocycles. The first-order valence-corrected chi connectivity index (χ1v) is 6.77. The van der Waals surface area contributed by atoms with Gasteiger partial charge in [-0.25, -0.2) is 0 Å². The maximum Gasteiger partial charge on any atom is 0.0678 e. The molecule has 3 heteroatoms. The van der Waals surface area contributed by atoms with Gasteiger partial charge >= 0.3 is 0 Å². The van der Waals surface area contributed by atoms with Crippen molar-refractivity contribution in [3.05, 3.63) is 35.4 Å². The molecular weight excluding hydrogens is 224 g/mol. The van der Waals surface area contributed by atoms with E-state index in [0.29, 0.717) is 12.6 Å². The fourth-order valence-electron chi connectivity index (χ4n) is 2.91. The molecule has 3 nitrogen and oxygen atoms in total. The molecule has 1 aliphatic heterocycles. The number of hydrogen-bond acceptors (Lipinski definition) is 3. The predicted molar refractivity (Wildman–Crippen MR) is 74.6 cm³/mol. The van der Waals surface area contributed by atoms with Crippen molar-refractivity contribution in [3.8, 4) is 0 Å². The molecule has 0 bridgehead atoms. The van der Waals surface area contributed by atoms with Gasteiger partial charge in [-0.05, 0) is 31.9 Å². The molecule has 0 amide bonds. The summed E-state index contributed by atoms with van der Waals surface area (Å²) in [7, 11) is 0. The van der Waals surface area contributed by atoms with E-state index in [9.17, 15) is 0 Å². The van der Waals surface area contributed by atoms with Gasteiger partial charge in [0.05, 0.1) is 12.2 Å².